The molecule has 76 valence electrons. The maximum absolute atomic E-state index is 11.1. The minimum atomic E-state index is -2.96. The fourth-order valence-electron chi connectivity index (χ4n) is 2.10. The van der Waals surface area contributed by atoms with Crippen molar-refractivity contribution in [2.75, 3.05) is 32.6 Å². The highest BCUT2D eigenvalue weighted by Crippen LogP contribution is 2.38. The molecular formula is C8H15NO3S. The van der Waals surface area contributed by atoms with E-state index in [0.717, 1.165) is 26.1 Å². The minimum absolute atomic E-state index is 0.154. The molecule has 2 saturated heterocycles. The molecule has 5 heteroatoms. The van der Waals surface area contributed by atoms with E-state index in [2.05, 4.69) is 0 Å². The van der Waals surface area contributed by atoms with Crippen molar-refractivity contribution in [2.24, 2.45) is 5.41 Å². The Labute approximate surface area is 78.9 Å². The van der Waals surface area contributed by atoms with Crippen molar-refractivity contribution in [3.63, 3.8) is 0 Å². The van der Waals surface area contributed by atoms with Gasteiger partial charge in [0.1, 0.15) is 0 Å². The largest absolute Gasteiger partial charge is 0.381 e. The quantitative estimate of drug-likeness (QED) is 0.608. The zero-order valence-corrected chi connectivity index (χ0v) is 8.64. The second-order valence-electron chi connectivity index (χ2n) is 4.19. The lowest BCUT2D eigenvalue weighted by atomic mass is 9.77. The van der Waals surface area contributed by atoms with Crippen LogP contribution in [0.5, 0.6) is 0 Å². The predicted octanol–water partition coefficient (Wildman–Crippen LogP) is 0.0584. The molecule has 0 aliphatic carbocycles. The molecule has 2 heterocycles. The second-order valence-corrected chi connectivity index (χ2v) is 6.17. The van der Waals surface area contributed by atoms with Crippen LogP contribution < -0.4 is 0 Å². The first-order chi connectivity index (χ1) is 6.02. The van der Waals surface area contributed by atoms with Gasteiger partial charge in [-0.15, -0.1) is 0 Å². The Morgan fingerprint density at radius 2 is 2.08 bits per heavy atom. The first kappa shape index (κ1) is 9.43. The Balaban J connectivity index is 1.96. The molecule has 1 spiro atoms. The van der Waals surface area contributed by atoms with Gasteiger partial charge < -0.3 is 4.74 Å². The van der Waals surface area contributed by atoms with Crippen LogP contribution in [0, 0.1) is 5.41 Å². The summed E-state index contributed by atoms with van der Waals surface area (Å²) < 4.78 is 29.1. The van der Waals surface area contributed by atoms with Gasteiger partial charge in [0.2, 0.25) is 10.0 Å². The van der Waals surface area contributed by atoms with E-state index in [1.165, 1.54) is 10.6 Å². The van der Waals surface area contributed by atoms with Crippen LogP contribution in [0.1, 0.15) is 12.8 Å². The number of sulfonamides is 1. The highest BCUT2D eigenvalue weighted by atomic mass is 32.2. The molecule has 0 bridgehead atoms. The molecule has 0 atom stereocenters. The summed E-state index contributed by atoms with van der Waals surface area (Å²) >= 11 is 0. The molecule has 2 fully saturated rings. The van der Waals surface area contributed by atoms with Crippen molar-refractivity contribution in [3.8, 4) is 0 Å². The standard InChI is InChI=1S/C8H15NO3S/c1-13(10,11)9-5-8(6-9)3-2-4-12-7-8/h2-7H2,1H3. The molecule has 4 nitrogen and oxygen atoms in total. The molecule has 0 aromatic heterocycles. The minimum Gasteiger partial charge on any atom is -0.381 e. The summed E-state index contributed by atoms with van der Waals surface area (Å²) in [5.41, 5.74) is 0.154. The van der Waals surface area contributed by atoms with Gasteiger partial charge in [-0.05, 0) is 12.8 Å². The van der Waals surface area contributed by atoms with Crippen molar-refractivity contribution >= 4 is 10.0 Å². The maximum Gasteiger partial charge on any atom is 0.211 e. The van der Waals surface area contributed by atoms with Crippen LogP contribution in [0.15, 0.2) is 0 Å². The lowest BCUT2D eigenvalue weighted by Gasteiger charge is -2.50. The molecule has 2 aliphatic heterocycles. The fraction of sp³-hybridized carbons (Fsp3) is 1.00. The third-order valence-electron chi connectivity index (χ3n) is 2.90. The van der Waals surface area contributed by atoms with Gasteiger partial charge in [-0.25, -0.2) is 12.7 Å². The Kier molecular flexibility index (Phi) is 2.13. The van der Waals surface area contributed by atoms with E-state index in [1.54, 1.807) is 0 Å². The summed E-state index contributed by atoms with van der Waals surface area (Å²) in [4.78, 5) is 0. The van der Waals surface area contributed by atoms with Crippen LogP contribution in [0.3, 0.4) is 0 Å². The topological polar surface area (TPSA) is 46.6 Å². The lowest BCUT2D eigenvalue weighted by Crippen LogP contribution is -2.61. The summed E-state index contributed by atoms with van der Waals surface area (Å²) in [5.74, 6) is 0. The number of nitrogens with zero attached hydrogens (tertiary/aromatic N) is 1. The summed E-state index contributed by atoms with van der Waals surface area (Å²) in [7, 11) is -2.96. The monoisotopic (exact) mass is 205 g/mol. The lowest BCUT2D eigenvalue weighted by molar-refractivity contribution is -0.0699. The van der Waals surface area contributed by atoms with Gasteiger partial charge >= 0.3 is 0 Å². The van der Waals surface area contributed by atoms with Gasteiger partial charge in [-0.3, -0.25) is 0 Å². The summed E-state index contributed by atoms with van der Waals surface area (Å²) in [6.07, 6.45) is 3.44. The molecule has 0 radical (unpaired) electrons. The van der Waals surface area contributed by atoms with Gasteiger partial charge in [0.15, 0.2) is 0 Å². The van der Waals surface area contributed by atoms with Gasteiger partial charge in [-0.2, -0.15) is 0 Å². The molecule has 0 amide bonds. The average molecular weight is 205 g/mol. The summed E-state index contributed by atoms with van der Waals surface area (Å²) in [5, 5.41) is 0. The van der Waals surface area contributed by atoms with Crippen LogP contribution in [0.2, 0.25) is 0 Å². The van der Waals surface area contributed by atoms with Gasteiger partial charge in [0.05, 0.1) is 12.9 Å². The third kappa shape index (κ3) is 1.73. The van der Waals surface area contributed by atoms with Gasteiger partial charge in [0, 0.05) is 25.1 Å². The number of hydrogen-bond donors (Lipinski definition) is 0. The third-order valence-corrected chi connectivity index (χ3v) is 4.09. The molecule has 13 heavy (non-hydrogen) atoms. The zero-order chi connectivity index (χ0) is 9.53. The fourth-order valence-corrected chi connectivity index (χ4v) is 3.11. The molecule has 0 saturated carbocycles. The molecule has 0 unspecified atom stereocenters. The highest BCUT2D eigenvalue weighted by Gasteiger charge is 2.47. The predicted molar refractivity (Wildman–Crippen MR) is 48.9 cm³/mol. The van der Waals surface area contributed by atoms with Gasteiger partial charge in [-0.1, -0.05) is 0 Å². The summed E-state index contributed by atoms with van der Waals surface area (Å²) in [6.45, 7) is 2.89. The SMILES string of the molecule is CS(=O)(=O)N1CC2(CCCOC2)C1. The molecule has 0 N–H and O–H groups in total. The van der Waals surface area contributed by atoms with Gasteiger partial charge in [0.25, 0.3) is 0 Å². The molecule has 0 aromatic rings. The second kappa shape index (κ2) is 2.93. The van der Waals surface area contributed by atoms with E-state index in [9.17, 15) is 8.42 Å². The smallest absolute Gasteiger partial charge is 0.211 e. The number of ether oxygens (including phenoxy) is 1. The van der Waals surface area contributed by atoms with Crippen LogP contribution in [-0.4, -0.2) is 45.3 Å². The van der Waals surface area contributed by atoms with E-state index in [-0.39, 0.29) is 5.41 Å². The highest BCUT2D eigenvalue weighted by molar-refractivity contribution is 7.88. The first-order valence-electron chi connectivity index (χ1n) is 4.55. The number of hydrogen-bond acceptors (Lipinski definition) is 3. The van der Waals surface area contributed by atoms with Crippen molar-refractivity contribution in [2.45, 2.75) is 12.8 Å². The van der Waals surface area contributed by atoms with E-state index in [4.69, 9.17) is 4.74 Å². The van der Waals surface area contributed by atoms with E-state index < -0.39 is 10.0 Å². The van der Waals surface area contributed by atoms with Crippen LogP contribution in [0.25, 0.3) is 0 Å². The van der Waals surface area contributed by atoms with Crippen molar-refractivity contribution < 1.29 is 13.2 Å². The average Bonchev–Trinajstić information content (AvgIpc) is 2.00. The Morgan fingerprint density at radius 1 is 1.38 bits per heavy atom. The van der Waals surface area contributed by atoms with Crippen molar-refractivity contribution in [1.29, 1.82) is 0 Å². The molecular weight excluding hydrogens is 190 g/mol. The maximum atomic E-state index is 11.1. The zero-order valence-electron chi connectivity index (χ0n) is 7.82. The number of rotatable bonds is 1. The van der Waals surface area contributed by atoms with E-state index >= 15 is 0 Å². The van der Waals surface area contributed by atoms with E-state index in [0.29, 0.717) is 13.1 Å². The van der Waals surface area contributed by atoms with Crippen LogP contribution >= 0.6 is 0 Å². The molecule has 2 aliphatic rings. The Morgan fingerprint density at radius 3 is 2.54 bits per heavy atom. The van der Waals surface area contributed by atoms with Crippen molar-refractivity contribution in [3.05, 3.63) is 0 Å². The van der Waals surface area contributed by atoms with E-state index in [1.807, 2.05) is 0 Å². The summed E-state index contributed by atoms with van der Waals surface area (Å²) in [6, 6.07) is 0. The molecule has 0 aromatic carbocycles. The first-order valence-corrected chi connectivity index (χ1v) is 6.40. The normalized spacial score (nSPS) is 28.7. The molecule has 2 rings (SSSR count). The van der Waals surface area contributed by atoms with Crippen LogP contribution in [-0.2, 0) is 14.8 Å². The Bertz CT molecular complexity index is 285. The van der Waals surface area contributed by atoms with Crippen molar-refractivity contribution in [1.82, 2.24) is 4.31 Å². The van der Waals surface area contributed by atoms with Crippen LogP contribution in [0.4, 0.5) is 0 Å². The Hall–Kier alpha value is -0.130.